The minimum absolute atomic E-state index is 0.247. The molecule has 90 valence electrons. The molecule has 3 nitrogen and oxygen atoms in total. The average Bonchev–Trinajstić information content (AvgIpc) is 2.13. The molecule has 0 aromatic heterocycles. The summed E-state index contributed by atoms with van der Waals surface area (Å²) in [6.45, 7) is 14.1. The lowest BCUT2D eigenvalue weighted by Crippen LogP contribution is -2.45. The highest BCUT2D eigenvalue weighted by atomic mass is 16.5. The second kappa shape index (κ2) is 5.83. The van der Waals surface area contributed by atoms with Crippen molar-refractivity contribution in [3.05, 3.63) is 0 Å². The van der Waals surface area contributed by atoms with E-state index in [1.54, 1.807) is 0 Å². The van der Waals surface area contributed by atoms with E-state index >= 15 is 0 Å². The molecule has 1 rings (SSSR count). The maximum absolute atomic E-state index is 5.42. The monoisotopic (exact) mass is 214 g/mol. The van der Waals surface area contributed by atoms with Gasteiger partial charge in [0.25, 0.3) is 0 Å². The predicted molar refractivity (Wildman–Crippen MR) is 64.2 cm³/mol. The van der Waals surface area contributed by atoms with Crippen molar-refractivity contribution in [1.29, 1.82) is 0 Å². The SMILES string of the molecule is CC1COCCN1CCCNC(C)(C)C. The molecular formula is C12H26N2O. The molecule has 0 saturated carbocycles. The van der Waals surface area contributed by atoms with Gasteiger partial charge in [-0.3, -0.25) is 4.90 Å². The van der Waals surface area contributed by atoms with Gasteiger partial charge in [0.1, 0.15) is 0 Å². The van der Waals surface area contributed by atoms with Crippen molar-refractivity contribution in [2.75, 3.05) is 32.8 Å². The van der Waals surface area contributed by atoms with Crippen molar-refractivity contribution in [2.45, 2.75) is 45.7 Å². The van der Waals surface area contributed by atoms with Crippen LogP contribution < -0.4 is 5.32 Å². The molecule has 0 aromatic rings. The zero-order valence-electron chi connectivity index (χ0n) is 10.7. The lowest BCUT2D eigenvalue weighted by atomic mass is 10.1. The Labute approximate surface area is 94.2 Å². The highest BCUT2D eigenvalue weighted by Gasteiger charge is 2.17. The van der Waals surface area contributed by atoms with Crippen molar-refractivity contribution in [3.63, 3.8) is 0 Å². The quantitative estimate of drug-likeness (QED) is 0.718. The van der Waals surface area contributed by atoms with Crippen LogP contribution in [0.5, 0.6) is 0 Å². The molecule has 1 aliphatic heterocycles. The second-order valence-electron chi connectivity index (χ2n) is 5.49. The molecule has 1 unspecified atom stereocenters. The molecule has 0 bridgehead atoms. The Morgan fingerprint density at radius 3 is 2.73 bits per heavy atom. The Bertz CT molecular complexity index is 177. The van der Waals surface area contributed by atoms with E-state index in [0.29, 0.717) is 6.04 Å². The smallest absolute Gasteiger partial charge is 0.0619 e. The van der Waals surface area contributed by atoms with E-state index in [9.17, 15) is 0 Å². The maximum Gasteiger partial charge on any atom is 0.0619 e. The van der Waals surface area contributed by atoms with Gasteiger partial charge in [-0.1, -0.05) is 0 Å². The second-order valence-corrected chi connectivity index (χ2v) is 5.49. The first-order valence-corrected chi connectivity index (χ1v) is 6.06. The summed E-state index contributed by atoms with van der Waals surface area (Å²) in [7, 11) is 0. The van der Waals surface area contributed by atoms with E-state index in [4.69, 9.17) is 4.74 Å². The van der Waals surface area contributed by atoms with Crippen LogP contribution in [0.25, 0.3) is 0 Å². The van der Waals surface area contributed by atoms with Gasteiger partial charge < -0.3 is 10.1 Å². The molecule has 1 heterocycles. The van der Waals surface area contributed by atoms with Crippen LogP contribution in [-0.4, -0.2) is 49.3 Å². The summed E-state index contributed by atoms with van der Waals surface area (Å²) in [4.78, 5) is 2.52. The summed E-state index contributed by atoms with van der Waals surface area (Å²) >= 11 is 0. The van der Waals surface area contributed by atoms with Gasteiger partial charge in [-0.05, 0) is 47.2 Å². The molecule has 0 radical (unpaired) electrons. The first kappa shape index (κ1) is 12.9. The van der Waals surface area contributed by atoms with E-state index < -0.39 is 0 Å². The standard InChI is InChI=1S/C12H26N2O/c1-11-10-15-9-8-14(11)7-5-6-13-12(2,3)4/h11,13H,5-10H2,1-4H3. The number of ether oxygens (including phenoxy) is 1. The molecule has 0 aromatic carbocycles. The highest BCUT2D eigenvalue weighted by Crippen LogP contribution is 2.06. The number of hydrogen-bond acceptors (Lipinski definition) is 3. The lowest BCUT2D eigenvalue weighted by Gasteiger charge is -2.33. The molecule has 0 spiro atoms. The van der Waals surface area contributed by atoms with Gasteiger partial charge in [-0.15, -0.1) is 0 Å². The third-order valence-corrected chi connectivity index (χ3v) is 2.78. The van der Waals surface area contributed by atoms with Crippen LogP contribution in [0.15, 0.2) is 0 Å². The third-order valence-electron chi connectivity index (χ3n) is 2.78. The van der Waals surface area contributed by atoms with Gasteiger partial charge in [-0.25, -0.2) is 0 Å². The summed E-state index contributed by atoms with van der Waals surface area (Å²) in [5.74, 6) is 0. The van der Waals surface area contributed by atoms with Gasteiger partial charge >= 0.3 is 0 Å². The van der Waals surface area contributed by atoms with Gasteiger partial charge in [0, 0.05) is 18.1 Å². The van der Waals surface area contributed by atoms with Gasteiger partial charge in [0.15, 0.2) is 0 Å². The first-order valence-electron chi connectivity index (χ1n) is 6.06. The Kier molecular flexibility index (Phi) is 5.03. The number of hydrogen-bond donors (Lipinski definition) is 1. The topological polar surface area (TPSA) is 24.5 Å². The molecule has 1 aliphatic rings. The lowest BCUT2D eigenvalue weighted by molar-refractivity contribution is -0.000732. The minimum atomic E-state index is 0.247. The number of morpholine rings is 1. The molecule has 1 saturated heterocycles. The molecule has 3 heteroatoms. The number of nitrogens with one attached hydrogen (secondary N) is 1. The molecule has 0 aliphatic carbocycles. The van der Waals surface area contributed by atoms with E-state index in [1.165, 1.54) is 13.0 Å². The molecular weight excluding hydrogens is 188 g/mol. The number of nitrogens with zero attached hydrogens (tertiary/aromatic N) is 1. The molecule has 1 atom stereocenters. The van der Waals surface area contributed by atoms with E-state index in [0.717, 1.165) is 26.3 Å². The molecule has 0 amide bonds. The Hall–Kier alpha value is -0.120. The Morgan fingerprint density at radius 2 is 2.13 bits per heavy atom. The summed E-state index contributed by atoms with van der Waals surface area (Å²) in [6.07, 6.45) is 1.22. The summed E-state index contributed by atoms with van der Waals surface area (Å²) in [5, 5.41) is 3.52. The van der Waals surface area contributed by atoms with Crippen LogP contribution in [0.4, 0.5) is 0 Å². The van der Waals surface area contributed by atoms with Crippen molar-refractivity contribution >= 4 is 0 Å². The summed E-state index contributed by atoms with van der Waals surface area (Å²) in [5.41, 5.74) is 0.247. The largest absolute Gasteiger partial charge is 0.379 e. The Balaban J connectivity index is 2.08. The molecule has 15 heavy (non-hydrogen) atoms. The third kappa shape index (κ3) is 5.50. The minimum Gasteiger partial charge on any atom is -0.379 e. The van der Waals surface area contributed by atoms with E-state index in [-0.39, 0.29) is 5.54 Å². The Morgan fingerprint density at radius 1 is 1.40 bits per heavy atom. The normalized spacial score (nSPS) is 24.4. The van der Waals surface area contributed by atoms with Gasteiger partial charge in [-0.2, -0.15) is 0 Å². The fourth-order valence-electron chi connectivity index (χ4n) is 1.84. The fourth-order valence-corrected chi connectivity index (χ4v) is 1.84. The summed E-state index contributed by atoms with van der Waals surface area (Å²) < 4.78 is 5.42. The van der Waals surface area contributed by atoms with Crippen molar-refractivity contribution in [3.8, 4) is 0 Å². The van der Waals surface area contributed by atoms with Crippen LogP contribution in [0.3, 0.4) is 0 Å². The van der Waals surface area contributed by atoms with Crippen LogP contribution in [-0.2, 0) is 4.74 Å². The average molecular weight is 214 g/mol. The van der Waals surface area contributed by atoms with Crippen LogP contribution in [0.2, 0.25) is 0 Å². The van der Waals surface area contributed by atoms with Crippen molar-refractivity contribution in [2.24, 2.45) is 0 Å². The molecule has 1 fully saturated rings. The molecule has 1 N–H and O–H groups in total. The van der Waals surface area contributed by atoms with Crippen LogP contribution in [0.1, 0.15) is 34.1 Å². The zero-order chi connectivity index (χ0) is 11.3. The van der Waals surface area contributed by atoms with Crippen molar-refractivity contribution < 1.29 is 4.74 Å². The fraction of sp³-hybridized carbons (Fsp3) is 1.00. The van der Waals surface area contributed by atoms with E-state index in [1.807, 2.05) is 0 Å². The zero-order valence-corrected chi connectivity index (χ0v) is 10.7. The summed E-state index contributed by atoms with van der Waals surface area (Å²) in [6, 6.07) is 0.591. The highest BCUT2D eigenvalue weighted by molar-refractivity contribution is 4.73. The van der Waals surface area contributed by atoms with Gasteiger partial charge in [0.2, 0.25) is 0 Å². The van der Waals surface area contributed by atoms with Crippen LogP contribution >= 0.6 is 0 Å². The van der Waals surface area contributed by atoms with Gasteiger partial charge in [0.05, 0.1) is 13.2 Å². The number of rotatable bonds is 4. The first-order chi connectivity index (χ1) is 6.99. The van der Waals surface area contributed by atoms with Crippen molar-refractivity contribution in [1.82, 2.24) is 10.2 Å². The predicted octanol–water partition coefficient (Wildman–Crippen LogP) is 1.49. The van der Waals surface area contributed by atoms with E-state index in [2.05, 4.69) is 37.9 Å². The van der Waals surface area contributed by atoms with Crippen LogP contribution in [0, 0.1) is 0 Å². The maximum atomic E-state index is 5.42.